The van der Waals surface area contributed by atoms with Crippen LogP contribution in [0.3, 0.4) is 0 Å². The van der Waals surface area contributed by atoms with Crippen molar-refractivity contribution in [1.29, 1.82) is 0 Å². The van der Waals surface area contributed by atoms with E-state index in [1.54, 1.807) is 18.2 Å². The highest BCUT2D eigenvalue weighted by Crippen LogP contribution is 2.10. The second-order valence-electron chi connectivity index (χ2n) is 1.94. The standard InChI is InChI=1S/C7H8O3/c8-7-3-1-2-6(4-7)5-10-9/h1-4,8-9H,5H2. The highest BCUT2D eigenvalue weighted by atomic mass is 17.1. The Labute approximate surface area is 58.4 Å². The molecule has 0 atom stereocenters. The smallest absolute Gasteiger partial charge is 0.115 e. The Bertz CT molecular complexity index is 210. The third-order valence-corrected chi connectivity index (χ3v) is 1.14. The molecule has 0 amide bonds. The van der Waals surface area contributed by atoms with Crippen molar-refractivity contribution < 1.29 is 15.3 Å². The molecule has 10 heavy (non-hydrogen) atoms. The summed E-state index contributed by atoms with van der Waals surface area (Å²) in [5.74, 6) is 0.176. The summed E-state index contributed by atoms with van der Waals surface area (Å²) in [6.45, 7) is 0.106. The SMILES string of the molecule is OOCc1cccc(O)c1. The van der Waals surface area contributed by atoms with Gasteiger partial charge in [-0.2, -0.15) is 0 Å². The van der Waals surface area contributed by atoms with Gasteiger partial charge in [0.05, 0.1) is 0 Å². The zero-order valence-electron chi connectivity index (χ0n) is 5.32. The van der Waals surface area contributed by atoms with Gasteiger partial charge in [-0.1, -0.05) is 12.1 Å². The number of aromatic hydroxyl groups is 1. The molecule has 0 radical (unpaired) electrons. The largest absolute Gasteiger partial charge is 0.508 e. The molecule has 0 aromatic heterocycles. The van der Waals surface area contributed by atoms with Gasteiger partial charge in [-0.15, -0.1) is 0 Å². The molecule has 0 aliphatic carbocycles. The maximum absolute atomic E-state index is 8.90. The lowest BCUT2D eigenvalue weighted by atomic mass is 10.2. The first-order valence-corrected chi connectivity index (χ1v) is 2.87. The molecule has 1 aromatic rings. The second kappa shape index (κ2) is 3.20. The summed E-state index contributed by atoms with van der Waals surface area (Å²) in [6.07, 6.45) is 0. The second-order valence-corrected chi connectivity index (χ2v) is 1.94. The Hall–Kier alpha value is -1.06. The fraction of sp³-hybridized carbons (Fsp3) is 0.143. The topological polar surface area (TPSA) is 49.7 Å². The van der Waals surface area contributed by atoms with Gasteiger partial charge in [0.25, 0.3) is 0 Å². The number of hydrogen-bond acceptors (Lipinski definition) is 3. The average molecular weight is 140 g/mol. The van der Waals surface area contributed by atoms with E-state index in [0.29, 0.717) is 0 Å². The van der Waals surface area contributed by atoms with Gasteiger partial charge in [-0.25, -0.2) is 4.89 Å². The van der Waals surface area contributed by atoms with Crippen LogP contribution >= 0.6 is 0 Å². The molecule has 54 valence electrons. The van der Waals surface area contributed by atoms with E-state index in [1.165, 1.54) is 6.07 Å². The Balaban J connectivity index is 2.75. The molecular weight excluding hydrogens is 132 g/mol. The van der Waals surface area contributed by atoms with Gasteiger partial charge >= 0.3 is 0 Å². The molecule has 0 unspecified atom stereocenters. The van der Waals surface area contributed by atoms with Gasteiger partial charge in [0, 0.05) is 0 Å². The van der Waals surface area contributed by atoms with E-state index in [4.69, 9.17) is 10.4 Å². The fourth-order valence-electron chi connectivity index (χ4n) is 0.721. The van der Waals surface area contributed by atoms with E-state index < -0.39 is 0 Å². The van der Waals surface area contributed by atoms with Crippen molar-refractivity contribution in [3.8, 4) is 5.75 Å². The maximum Gasteiger partial charge on any atom is 0.115 e. The molecule has 2 N–H and O–H groups in total. The first kappa shape index (κ1) is 7.05. The Kier molecular flexibility index (Phi) is 2.25. The van der Waals surface area contributed by atoms with Crippen LogP contribution in [0.2, 0.25) is 0 Å². The van der Waals surface area contributed by atoms with E-state index in [9.17, 15) is 0 Å². The van der Waals surface area contributed by atoms with Crippen LogP contribution in [0.1, 0.15) is 5.56 Å². The molecule has 1 aromatic carbocycles. The first-order chi connectivity index (χ1) is 4.83. The summed E-state index contributed by atoms with van der Waals surface area (Å²) in [6, 6.07) is 6.51. The minimum atomic E-state index is 0.106. The van der Waals surface area contributed by atoms with E-state index >= 15 is 0 Å². The summed E-state index contributed by atoms with van der Waals surface area (Å²) in [7, 11) is 0. The van der Waals surface area contributed by atoms with Crippen molar-refractivity contribution in [2.24, 2.45) is 0 Å². The van der Waals surface area contributed by atoms with Crippen molar-refractivity contribution in [3.05, 3.63) is 29.8 Å². The summed E-state index contributed by atoms with van der Waals surface area (Å²) in [5.41, 5.74) is 0.738. The Morgan fingerprint density at radius 2 is 2.20 bits per heavy atom. The number of hydrogen-bond donors (Lipinski definition) is 2. The molecule has 0 heterocycles. The molecule has 0 fully saturated rings. The normalized spacial score (nSPS) is 9.70. The predicted molar refractivity (Wildman–Crippen MR) is 35.5 cm³/mol. The number of phenols is 1. The van der Waals surface area contributed by atoms with Crippen LogP contribution in [0.5, 0.6) is 5.75 Å². The molecule has 0 spiro atoms. The molecule has 0 saturated carbocycles. The minimum Gasteiger partial charge on any atom is -0.508 e. The maximum atomic E-state index is 8.90. The van der Waals surface area contributed by atoms with Crippen molar-refractivity contribution in [2.45, 2.75) is 6.61 Å². The van der Waals surface area contributed by atoms with Crippen LogP contribution in [-0.4, -0.2) is 10.4 Å². The lowest BCUT2D eigenvalue weighted by Gasteiger charge is -1.96. The van der Waals surface area contributed by atoms with Gasteiger partial charge in [-0.05, 0) is 17.7 Å². The van der Waals surface area contributed by atoms with Crippen LogP contribution in [0.25, 0.3) is 0 Å². The quantitative estimate of drug-likeness (QED) is 0.482. The zero-order chi connectivity index (χ0) is 7.40. The number of rotatable bonds is 2. The van der Waals surface area contributed by atoms with Crippen molar-refractivity contribution in [1.82, 2.24) is 0 Å². The van der Waals surface area contributed by atoms with E-state index in [2.05, 4.69) is 4.89 Å². The number of phenolic OH excluding ortho intramolecular Hbond substituents is 1. The van der Waals surface area contributed by atoms with Crippen molar-refractivity contribution in [3.63, 3.8) is 0 Å². The van der Waals surface area contributed by atoms with Crippen molar-refractivity contribution in [2.75, 3.05) is 0 Å². The Morgan fingerprint density at radius 1 is 1.40 bits per heavy atom. The van der Waals surface area contributed by atoms with Gasteiger partial charge in [0.2, 0.25) is 0 Å². The molecule has 3 heteroatoms. The van der Waals surface area contributed by atoms with Gasteiger partial charge in [0.1, 0.15) is 12.4 Å². The molecule has 0 aliphatic rings. The van der Waals surface area contributed by atoms with Gasteiger partial charge < -0.3 is 5.11 Å². The molecule has 0 saturated heterocycles. The molecular formula is C7H8O3. The zero-order valence-corrected chi connectivity index (χ0v) is 5.32. The molecule has 0 aliphatic heterocycles. The fourth-order valence-corrected chi connectivity index (χ4v) is 0.721. The van der Waals surface area contributed by atoms with Crippen LogP contribution in [-0.2, 0) is 11.5 Å². The Morgan fingerprint density at radius 3 is 2.80 bits per heavy atom. The lowest BCUT2D eigenvalue weighted by molar-refractivity contribution is -0.253. The summed E-state index contributed by atoms with van der Waals surface area (Å²) < 4.78 is 0. The minimum absolute atomic E-state index is 0.106. The monoisotopic (exact) mass is 140 g/mol. The third-order valence-electron chi connectivity index (χ3n) is 1.14. The summed E-state index contributed by atoms with van der Waals surface area (Å²) in [5, 5.41) is 16.9. The third kappa shape index (κ3) is 1.72. The van der Waals surface area contributed by atoms with Gasteiger partial charge in [-0.3, -0.25) is 5.26 Å². The average Bonchev–Trinajstić information content (AvgIpc) is 1.88. The highest BCUT2D eigenvalue weighted by molar-refractivity contribution is 5.26. The summed E-state index contributed by atoms with van der Waals surface area (Å²) in [4.78, 5) is 3.87. The highest BCUT2D eigenvalue weighted by Gasteiger charge is 1.92. The molecule has 0 bridgehead atoms. The van der Waals surface area contributed by atoms with Crippen LogP contribution in [0.15, 0.2) is 24.3 Å². The molecule has 1 rings (SSSR count). The van der Waals surface area contributed by atoms with E-state index in [1.807, 2.05) is 0 Å². The van der Waals surface area contributed by atoms with Crippen LogP contribution < -0.4 is 0 Å². The van der Waals surface area contributed by atoms with E-state index in [0.717, 1.165) is 5.56 Å². The molecule has 3 nitrogen and oxygen atoms in total. The lowest BCUT2D eigenvalue weighted by Crippen LogP contribution is -1.85. The number of benzene rings is 1. The predicted octanol–water partition coefficient (Wildman–Crippen LogP) is 1.38. The first-order valence-electron chi connectivity index (χ1n) is 2.87. The summed E-state index contributed by atoms with van der Waals surface area (Å²) >= 11 is 0. The van der Waals surface area contributed by atoms with Crippen molar-refractivity contribution >= 4 is 0 Å². The van der Waals surface area contributed by atoms with Gasteiger partial charge in [0.15, 0.2) is 0 Å². The van der Waals surface area contributed by atoms with E-state index in [-0.39, 0.29) is 12.4 Å². The van der Waals surface area contributed by atoms with Crippen LogP contribution in [0.4, 0.5) is 0 Å². The van der Waals surface area contributed by atoms with Crippen LogP contribution in [0, 0.1) is 0 Å².